The van der Waals surface area contributed by atoms with E-state index in [9.17, 15) is 14.0 Å². The number of esters is 1. The van der Waals surface area contributed by atoms with Gasteiger partial charge in [-0.2, -0.15) is 0 Å². The predicted molar refractivity (Wildman–Crippen MR) is 76.7 cm³/mol. The number of carbonyl (C=O) groups excluding carboxylic acids is 2. The summed E-state index contributed by atoms with van der Waals surface area (Å²) in [6.07, 6.45) is 1.89. The molecular weight excluding hydrogens is 297 g/mol. The molecule has 6 heteroatoms. The summed E-state index contributed by atoms with van der Waals surface area (Å²) in [5.74, 6) is -1.33. The summed E-state index contributed by atoms with van der Waals surface area (Å²) in [6, 6.07) is 3.92. The Kier molecular flexibility index (Phi) is 5.17. The SMILES string of the molecule is CC1CCN(C(=O)COC(=O)c2c(F)cccc2Cl)CC1. The molecule has 0 aromatic heterocycles. The second-order valence-electron chi connectivity index (χ2n) is 5.24. The number of piperidine rings is 1. The molecule has 21 heavy (non-hydrogen) atoms. The fourth-order valence-electron chi connectivity index (χ4n) is 2.24. The van der Waals surface area contributed by atoms with Gasteiger partial charge in [-0.05, 0) is 30.9 Å². The van der Waals surface area contributed by atoms with Crippen molar-refractivity contribution in [3.05, 3.63) is 34.6 Å². The number of ether oxygens (including phenoxy) is 1. The van der Waals surface area contributed by atoms with Crippen LogP contribution >= 0.6 is 11.6 Å². The number of carbonyl (C=O) groups is 2. The molecule has 1 heterocycles. The van der Waals surface area contributed by atoms with E-state index in [1.54, 1.807) is 4.90 Å². The third-order valence-electron chi connectivity index (χ3n) is 3.63. The average Bonchev–Trinajstić information content (AvgIpc) is 2.45. The summed E-state index contributed by atoms with van der Waals surface area (Å²) in [7, 11) is 0. The molecule has 1 aromatic carbocycles. The molecule has 1 fully saturated rings. The largest absolute Gasteiger partial charge is 0.452 e. The van der Waals surface area contributed by atoms with Crippen molar-refractivity contribution in [1.29, 1.82) is 0 Å². The van der Waals surface area contributed by atoms with Crippen molar-refractivity contribution in [3.8, 4) is 0 Å². The molecule has 1 aliphatic heterocycles. The fraction of sp³-hybridized carbons (Fsp3) is 0.467. The van der Waals surface area contributed by atoms with Gasteiger partial charge in [0.05, 0.1) is 5.02 Å². The molecule has 1 saturated heterocycles. The highest BCUT2D eigenvalue weighted by molar-refractivity contribution is 6.33. The second kappa shape index (κ2) is 6.89. The van der Waals surface area contributed by atoms with Crippen LogP contribution in [0.15, 0.2) is 18.2 Å². The molecule has 1 amide bonds. The number of rotatable bonds is 3. The summed E-state index contributed by atoms with van der Waals surface area (Å²) < 4.78 is 18.4. The zero-order valence-corrected chi connectivity index (χ0v) is 12.5. The molecule has 0 spiro atoms. The van der Waals surface area contributed by atoms with Crippen molar-refractivity contribution in [2.75, 3.05) is 19.7 Å². The molecular formula is C15H17ClFNO3. The summed E-state index contributed by atoms with van der Waals surface area (Å²) in [6.45, 7) is 3.08. The predicted octanol–water partition coefficient (Wildman–Crippen LogP) is 2.89. The minimum atomic E-state index is -0.920. The first-order chi connectivity index (χ1) is 9.99. The molecule has 4 nitrogen and oxygen atoms in total. The van der Waals surface area contributed by atoms with Gasteiger partial charge in [0.1, 0.15) is 11.4 Å². The van der Waals surface area contributed by atoms with Crippen LogP contribution in [0, 0.1) is 11.7 Å². The Bertz CT molecular complexity index is 521. The molecule has 0 bridgehead atoms. The van der Waals surface area contributed by atoms with Gasteiger partial charge in [0.25, 0.3) is 5.91 Å². The molecule has 0 unspecified atom stereocenters. The number of halogens is 2. The molecule has 0 radical (unpaired) electrons. The van der Waals surface area contributed by atoms with Crippen LogP contribution in [-0.4, -0.2) is 36.5 Å². The first-order valence-electron chi connectivity index (χ1n) is 6.88. The van der Waals surface area contributed by atoms with Crippen LogP contribution in [0.25, 0.3) is 0 Å². The highest BCUT2D eigenvalue weighted by Crippen LogP contribution is 2.20. The van der Waals surface area contributed by atoms with E-state index in [2.05, 4.69) is 6.92 Å². The van der Waals surface area contributed by atoms with Gasteiger partial charge in [-0.25, -0.2) is 9.18 Å². The summed E-state index contributed by atoms with van der Waals surface area (Å²) in [5.41, 5.74) is -0.334. The second-order valence-corrected chi connectivity index (χ2v) is 5.64. The van der Waals surface area contributed by atoms with E-state index in [0.717, 1.165) is 18.9 Å². The van der Waals surface area contributed by atoms with E-state index in [0.29, 0.717) is 19.0 Å². The van der Waals surface area contributed by atoms with E-state index < -0.39 is 18.4 Å². The van der Waals surface area contributed by atoms with Crippen LogP contribution in [0.5, 0.6) is 0 Å². The van der Waals surface area contributed by atoms with Crippen LogP contribution in [0.1, 0.15) is 30.1 Å². The van der Waals surface area contributed by atoms with Gasteiger partial charge in [0, 0.05) is 13.1 Å². The molecule has 0 atom stereocenters. The molecule has 114 valence electrons. The minimum Gasteiger partial charge on any atom is -0.452 e. The van der Waals surface area contributed by atoms with Gasteiger partial charge in [-0.3, -0.25) is 4.79 Å². The van der Waals surface area contributed by atoms with Gasteiger partial charge in [0.2, 0.25) is 0 Å². The van der Waals surface area contributed by atoms with E-state index in [1.165, 1.54) is 12.1 Å². The summed E-state index contributed by atoms with van der Waals surface area (Å²) >= 11 is 5.77. The maximum Gasteiger partial charge on any atom is 0.343 e. The topological polar surface area (TPSA) is 46.6 Å². The third-order valence-corrected chi connectivity index (χ3v) is 3.94. The average molecular weight is 314 g/mol. The first kappa shape index (κ1) is 15.8. The Morgan fingerprint density at radius 3 is 2.67 bits per heavy atom. The number of hydrogen-bond donors (Lipinski definition) is 0. The van der Waals surface area contributed by atoms with Gasteiger partial charge in [0.15, 0.2) is 6.61 Å². The quantitative estimate of drug-likeness (QED) is 0.806. The van der Waals surface area contributed by atoms with E-state index in [4.69, 9.17) is 16.3 Å². The maximum absolute atomic E-state index is 13.5. The number of likely N-dealkylation sites (tertiary alicyclic amines) is 1. The van der Waals surface area contributed by atoms with Crippen LogP contribution in [0.4, 0.5) is 4.39 Å². The van der Waals surface area contributed by atoms with Gasteiger partial charge in [-0.1, -0.05) is 24.6 Å². The Morgan fingerprint density at radius 1 is 1.38 bits per heavy atom. The Balaban J connectivity index is 1.91. The zero-order valence-electron chi connectivity index (χ0n) is 11.8. The fourth-order valence-corrected chi connectivity index (χ4v) is 2.48. The molecule has 0 aliphatic carbocycles. The molecule has 1 aliphatic rings. The van der Waals surface area contributed by atoms with Crippen molar-refractivity contribution in [2.45, 2.75) is 19.8 Å². The summed E-state index contributed by atoms with van der Waals surface area (Å²) in [4.78, 5) is 25.4. The van der Waals surface area contributed by atoms with Crippen LogP contribution in [0.3, 0.4) is 0 Å². The normalized spacial score (nSPS) is 15.9. The zero-order chi connectivity index (χ0) is 15.4. The lowest BCUT2D eigenvalue weighted by molar-refractivity contribution is -0.135. The Labute approximate surface area is 127 Å². The van der Waals surface area contributed by atoms with Gasteiger partial charge >= 0.3 is 5.97 Å². The van der Waals surface area contributed by atoms with Crippen LogP contribution in [0.2, 0.25) is 5.02 Å². The molecule has 0 saturated carbocycles. The number of hydrogen-bond acceptors (Lipinski definition) is 3. The van der Waals surface area contributed by atoms with E-state index in [-0.39, 0.29) is 16.5 Å². The Morgan fingerprint density at radius 2 is 2.05 bits per heavy atom. The van der Waals surface area contributed by atoms with Gasteiger partial charge < -0.3 is 9.64 Å². The monoisotopic (exact) mass is 313 g/mol. The van der Waals surface area contributed by atoms with Crippen molar-refractivity contribution in [3.63, 3.8) is 0 Å². The standard InChI is InChI=1S/C15H17ClFNO3/c1-10-5-7-18(8-6-10)13(19)9-21-15(20)14-11(16)3-2-4-12(14)17/h2-4,10H,5-9H2,1H3. The maximum atomic E-state index is 13.5. The molecule has 2 rings (SSSR count). The van der Waals surface area contributed by atoms with E-state index >= 15 is 0 Å². The third kappa shape index (κ3) is 3.94. The summed E-state index contributed by atoms with van der Waals surface area (Å²) in [5, 5.41) is -0.0285. The number of amides is 1. The van der Waals surface area contributed by atoms with Crippen molar-refractivity contribution < 1.29 is 18.7 Å². The lowest BCUT2D eigenvalue weighted by atomic mass is 9.99. The van der Waals surface area contributed by atoms with Crippen molar-refractivity contribution >= 4 is 23.5 Å². The lowest BCUT2D eigenvalue weighted by Gasteiger charge is -2.30. The van der Waals surface area contributed by atoms with E-state index in [1.807, 2.05) is 0 Å². The van der Waals surface area contributed by atoms with Crippen molar-refractivity contribution in [2.24, 2.45) is 5.92 Å². The highest BCUT2D eigenvalue weighted by Gasteiger charge is 2.23. The molecule has 1 aromatic rings. The van der Waals surface area contributed by atoms with Crippen LogP contribution < -0.4 is 0 Å². The first-order valence-corrected chi connectivity index (χ1v) is 7.25. The smallest absolute Gasteiger partial charge is 0.343 e. The Hall–Kier alpha value is -1.62. The lowest BCUT2D eigenvalue weighted by Crippen LogP contribution is -2.40. The van der Waals surface area contributed by atoms with Crippen LogP contribution in [-0.2, 0) is 9.53 Å². The number of nitrogens with zero attached hydrogens (tertiary/aromatic N) is 1. The van der Waals surface area contributed by atoms with Crippen molar-refractivity contribution in [1.82, 2.24) is 4.90 Å². The minimum absolute atomic E-state index is 0.0285. The molecule has 0 N–H and O–H groups in total. The van der Waals surface area contributed by atoms with Gasteiger partial charge in [-0.15, -0.1) is 0 Å². The number of benzene rings is 1. The highest BCUT2D eigenvalue weighted by atomic mass is 35.5.